The molecule has 1 rings (SSSR count). The first kappa shape index (κ1) is 13.5. The van der Waals surface area contributed by atoms with Crippen LogP contribution in [0.15, 0.2) is 0 Å². The van der Waals surface area contributed by atoms with Crippen molar-refractivity contribution in [2.45, 2.75) is 38.6 Å². The van der Waals surface area contributed by atoms with Crippen molar-refractivity contribution in [2.24, 2.45) is 5.92 Å². The summed E-state index contributed by atoms with van der Waals surface area (Å²) in [6.07, 6.45) is 2.74. The molecule has 0 radical (unpaired) electrons. The van der Waals surface area contributed by atoms with Crippen molar-refractivity contribution in [3.8, 4) is 6.07 Å². The molecule has 17 heavy (non-hydrogen) atoms. The summed E-state index contributed by atoms with van der Waals surface area (Å²) in [5, 5.41) is 8.96. The van der Waals surface area contributed by atoms with Gasteiger partial charge in [-0.2, -0.15) is 5.26 Å². The first-order valence-corrected chi connectivity index (χ1v) is 5.93. The Hall–Kier alpha value is -1.57. The van der Waals surface area contributed by atoms with Gasteiger partial charge < -0.3 is 9.64 Å². The molecule has 1 saturated heterocycles. The number of nitriles is 1. The van der Waals surface area contributed by atoms with E-state index in [1.165, 1.54) is 12.0 Å². The van der Waals surface area contributed by atoms with Gasteiger partial charge in [0.15, 0.2) is 0 Å². The van der Waals surface area contributed by atoms with E-state index in [1.807, 2.05) is 13.0 Å². The first-order chi connectivity index (χ1) is 8.15. The summed E-state index contributed by atoms with van der Waals surface area (Å²) in [7, 11) is 1.32. The fourth-order valence-corrected chi connectivity index (χ4v) is 2.14. The Morgan fingerprint density at radius 1 is 1.59 bits per heavy atom. The SMILES string of the molecule is CCCC(C#N)C(=O)N1CCCC1C(=O)OC. The highest BCUT2D eigenvalue weighted by atomic mass is 16.5. The van der Waals surface area contributed by atoms with Gasteiger partial charge in [-0.15, -0.1) is 0 Å². The summed E-state index contributed by atoms with van der Waals surface area (Å²) < 4.78 is 4.67. The van der Waals surface area contributed by atoms with E-state index in [1.54, 1.807) is 0 Å². The molecule has 5 heteroatoms. The van der Waals surface area contributed by atoms with Crippen LogP contribution in [-0.2, 0) is 14.3 Å². The average molecular weight is 238 g/mol. The summed E-state index contributed by atoms with van der Waals surface area (Å²) >= 11 is 0. The second-order valence-electron chi connectivity index (χ2n) is 4.18. The minimum absolute atomic E-state index is 0.234. The van der Waals surface area contributed by atoms with Crippen molar-refractivity contribution in [2.75, 3.05) is 13.7 Å². The van der Waals surface area contributed by atoms with Gasteiger partial charge in [-0.3, -0.25) is 4.79 Å². The standard InChI is InChI=1S/C12H18N2O3/c1-3-5-9(8-13)11(15)14-7-4-6-10(14)12(16)17-2/h9-10H,3-7H2,1-2H3. The maximum Gasteiger partial charge on any atom is 0.328 e. The van der Waals surface area contributed by atoms with Crippen molar-refractivity contribution in [1.82, 2.24) is 4.90 Å². The lowest BCUT2D eigenvalue weighted by atomic mass is 10.0. The number of methoxy groups -OCH3 is 1. The number of amides is 1. The van der Waals surface area contributed by atoms with E-state index < -0.39 is 12.0 Å². The van der Waals surface area contributed by atoms with Crippen molar-refractivity contribution in [3.63, 3.8) is 0 Å². The lowest BCUT2D eigenvalue weighted by Crippen LogP contribution is -2.43. The Morgan fingerprint density at radius 2 is 2.29 bits per heavy atom. The van der Waals surface area contributed by atoms with Gasteiger partial charge in [0.2, 0.25) is 5.91 Å². The molecule has 0 aromatic carbocycles. The fourth-order valence-electron chi connectivity index (χ4n) is 2.14. The monoisotopic (exact) mass is 238 g/mol. The highest BCUT2D eigenvalue weighted by Gasteiger charge is 2.37. The first-order valence-electron chi connectivity index (χ1n) is 5.93. The molecule has 94 valence electrons. The van der Waals surface area contributed by atoms with E-state index in [2.05, 4.69) is 4.74 Å². The predicted octanol–water partition coefficient (Wildman–Crippen LogP) is 1.09. The number of ether oxygens (including phenoxy) is 1. The average Bonchev–Trinajstić information content (AvgIpc) is 2.83. The van der Waals surface area contributed by atoms with E-state index in [0.717, 1.165) is 12.8 Å². The molecule has 0 aliphatic carbocycles. The quantitative estimate of drug-likeness (QED) is 0.687. The zero-order valence-electron chi connectivity index (χ0n) is 10.3. The van der Waals surface area contributed by atoms with Gasteiger partial charge in [-0.1, -0.05) is 13.3 Å². The van der Waals surface area contributed by atoms with Gasteiger partial charge in [0.25, 0.3) is 0 Å². The number of carbonyl (C=O) groups is 2. The Bertz CT molecular complexity index is 335. The molecule has 1 aliphatic rings. The summed E-state index contributed by atoms with van der Waals surface area (Å²) in [6, 6.07) is 1.51. The smallest absolute Gasteiger partial charge is 0.328 e. The third-order valence-electron chi connectivity index (χ3n) is 3.04. The van der Waals surface area contributed by atoms with Crippen LogP contribution in [0.4, 0.5) is 0 Å². The van der Waals surface area contributed by atoms with E-state index in [0.29, 0.717) is 19.4 Å². The van der Waals surface area contributed by atoms with Crippen LogP contribution in [0.2, 0.25) is 0 Å². The van der Waals surface area contributed by atoms with E-state index >= 15 is 0 Å². The molecule has 1 aliphatic heterocycles. The number of nitrogens with zero attached hydrogens (tertiary/aromatic N) is 2. The van der Waals surface area contributed by atoms with Gasteiger partial charge in [-0.05, 0) is 19.3 Å². The minimum Gasteiger partial charge on any atom is -0.467 e. The van der Waals surface area contributed by atoms with Crippen molar-refractivity contribution in [3.05, 3.63) is 0 Å². The second-order valence-corrected chi connectivity index (χ2v) is 4.18. The molecule has 0 spiro atoms. The number of carbonyl (C=O) groups excluding carboxylic acids is 2. The molecular formula is C12H18N2O3. The number of rotatable bonds is 4. The van der Waals surface area contributed by atoms with Crippen molar-refractivity contribution >= 4 is 11.9 Å². The zero-order valence-corrected chi connectivity index (χ0v) is 10.3. The van der Waals surface area contributed by atoms with Crippen LogP contribution in [0.3, 0.4) is 0 Å². The largest absolute Gasteiger partial charge is 0.467 e. The van der Waals surface area contributed by atoms with Crippen LogP contribution in [0.25, 0.3) is 0 Å². The third-order valence-corrected chi connectivity index (χ3v) is 3.04. The van der Waals surface area contributed by atoms with Gasteiger partial charge in [0.05, 0.1) is 13.2 Å². The van der Waals surface area contributed by atoms with E-state index in [4.69, 9.17) is 5.26 Å². The number of esters is 1. The van der Waals surface area contributed by atoms with Crippen LogP contribution in [0.5, 0.6) is 0 Å². The maximum atomic E-state index is 12.1. The molecule has 1 heterocycles. The molecule has 0 bridgehead atoms. The molecular weight excluding hydrogens is 220 g/mol. The topological polar surface area (TPSA) is 70.4 Å². The van der Waals surface area contributed by atoms with E-state index in [-0.39, 0.29) is 11.9 Å². The predicted molar refractivity (Wildman–Crippen MR) is 60.8 cm³/mol. The molecule has 2 atom stereocenters. The Kier molecular flexibility index (Phi) is 4.95. The molecule has 0 N–H and O–H groups in total. The van der Waals surface area contributed by atoms with Crippen molar-refractivity contribution < 1.29 is 14.3 Å². The molecule has 5 nitrogen and oxygen atoms in total. The molecule has 2 unspecified atom stereocenters. The zero-order chi connectivity index (χ0) is 12.8. The number of hydrogen-bond donors (Lipinski definition) is 0. The summed E-state index contributed by atoms with van der Waals surface area (Å²) in [5.41, 5.74) is 0. The van der Waals surface area contributed by atoms with Crippen LogP contribution in [0.1, 0.15) is 32.6 Å². The second kappa shape index (κ2) is 6.24. The highest BCUT2D eigenvalue weighted by Crippen LogP contribution is 2.22. The van der Waals surface area contributed by atoms with Crippen LogP contribution < -0.4 is 0 Å². The number of hydrogen-bond acceptors (Lipinski definition) is 4. The van der Waals surface area contributed by atoms with Gasteiger partial charge in [0, 0.05) is 6.54 Å². The molecule has 1 amide bonds. The Balaban J connectivity index is 2.74. The lowest BCUT2D eigenvalue weighted by molar-refractivity contribution is -0.151. The molecule has 0 aromatic heterocycles. The van der Waals surface area contributed by atoms with Gasteiger partial charge in [0.1, 0.15) is 12.0 Å². The normalized spacial score (nSPS) is 20.8. The minimum atomic E-state index is -0.634. The van der Waals surface area contributed by atoms with Gasteiger partial charge in [-0.25, -0.2) is 4.79 Å². The molecule has 0 saturated carbocycles. The fraction of sp³-hybridized carbons (Fsp3) is 0.750. The highest BCUT2D eigenvalue weighted by molar-refractivity contribution is 5.87. The van der Waals surface area contributed by atoms with E-state index in [9.17, 15) is 9.59 Å². The Labute approximate surface area is 101 Å². The Morgan fingerprint density at radius 3 is 2.82 bits per heavy atom. The summed E-state index contributed by atoms with van der Waals surface area (Å²) in [4.78, 5) is 25.1. The van der Waals surface area contributed by atoms with Crippen LogP contribution >= 0.6 is 0 Å². The lowest BCUT2D eigenvalue weighted by Gasteiger charge is -2.24. The molecule has 1 fully saturated rings. The van der Waals surface area contributed by atoms with Crippen molar-refractivity contribution in [1.29, 1.82) is 5.26 Å². The summed E-state index contributed by atoms with van der Waals surface area (Å²) in [5.74, 6) is -1.25. The summed E-state index contributed by atoms with van der Waals surface area (Å²) in [6.45, 7) is 2.47. The number of likely N-dealkylation sites (tertiary alicyclic amines) is 1. The van der Waals surface area contributed by atoms with Gasteiger partial charge >= 0.3 is 5.97 Å². The molecule has 0 aromatic rings. The van der Waals surface area contributed by atoms with Crippen LogP contribution in [-0.4, -0.2) is 36.5 Å². The maximum absolute atomic E-state index is 12.1. The van der Waals surface area contributed by atoms with Crippen LogP contribution in [0, 0.1) is 17.2 Å². The third kappa shape index (κ3) is 2.96.